The first kappa shape index (κ1) is 13.1. The number of benzene rings is 1. The number of nitrogen functional groups attached to an aromatic ring is 1. The lowest BCUT2D eigenvalue weighted by Crippen LogP contribution is -2.13. The molecule has 1 rings (SSSR count). The fourth-order valence-corrected chi connectivity index (χ4v) is 1.09. The molecule has 0 amide bonds. The molecule has 1 aromatic carbocycles. The molecule has 4 nitrogen and oxygen atoms in total. The molecule has 1 aromatic rings. The highest BCUT2D eigenvalue weighted by Crippen LogP contribution is 2.22. The Balaban J connectivity index is 2.67. The van der Waals surface area contributed by atoms with Gasteiger partial charge in [-0.15, -0.1) is 0 Å². The summed E-state index contributed by atoms with van der Waals surface area (Å²) in [5, 5.41) is 8.73. The van der Waals surface area contributed by atoms with Crippen molar-refractivity contribution >= 4 is 11.7 Å². The van der Waals surface area contributed by atoms with E-state index in [4.69, 9.17) is 15.6 Å². The largest absolute Gasteiger partial charge is 0.493 e. The Morgan fingerprint density at radius 1 is 1.41 bits per heavy atom. The zero-order valence-electron chi connectivity index (χ0n) is 8.62. The second-order valence-electron chi connectivity index (χ2n) is 3.27. The van der Waals surface area contributed by atoms with E-state index < -0.39 is 25.2 Å². The number of rotatable bonds is 4. The summed E-state index contributed by atoms with van der Waals surface area (Å²) >= 11 is 0. The van der Waals surface area contributed by atoms with Crippen LogP contribution in [-0.2, 0) is 0 Å². The maximum absolute atomic E-state index is 11.8. The minimum absolute atomic E-state index is 0.0284. The normalized spacial score (nSPS) is 11.2. The van der Waals surface area contributed by atoms with Gasteiger partial charge in [0, 0.05) is 5.69 Å². The maximum Gasteiger partial charge on any atom is 0.392 e. The summed E-state index contributed by atoms with van der Waals surface area (Å²) in [6.07, 6.45) is -5.40. The van der Waals surface area contributed by atoms with E-state index in [1.54, 1.807) is 0 Å². The van der Waals surface area contributed by atoms with Gasteiger partial charge in [0.1, 0.15) is 5.75 Å². The standard InChI is InChI=1S/C10H10F3NO3/c11-10(12,13)3-4-17-6-1-2-8(14)7(5-6)9(15)16/h1-2,5H,3-4,14H2,(H,15,16). The molecule has 0 heterocycles. The number of anilines is 1. The van der Waals surface area contributed by atoms with Gasteiger partial charge in [-0.05, 0) is 18.2 Å². The van der Waals surface area contributed by atoms with E-state index in [9.17, 15) is 18.0 Å². The third kappa shape index (κ3) is 4.21. The Kier molecular flexibility index (Phi) is 3.82. The van der Waals surface area contributed by atoms with E-state index >= 15 is 0 Å². The number of carboxylic acid groups (broad SMARTS) is 1. The molecule has 0 bridgehead atoms. The molecule has 0 aliphatic rings. The maximum atomic E-state index is 11.8. The third-order valence-corrected chi connectivity index (χ3v) is 1.91. The van der Waals surface area contributed by atoms with Crippen molar-refractivity contribution in [2.24, 2.45) is 0 Å². The highest BCUT2D eigenvalue weighted by molar-refractivity contribution is 5.94. The molecule has 94 valence electrons. The summed E-state index contributed by atoms with van der Waals surface area (Å²) in [5.74, 6) is -1.22. The van der Waals surface area contributed by atoms with Crippen molar-refractivity contribution < 1.29 is 27.8 Å². The first-order valence-electron chi connectivity index (χ1n) is 4.62. The summed E-state index contributed by atoms with van der Waals surface area (Å²) in [4.78, 5) is 10.7. The zero-order chi connectivity index (χ0) is 13.1. The third-order valence-electron chi connectivity index (χ3n) is 1.91. The lowest BCUT2D eigenvalue weighted by atomic mass is 10.2. The topological polar surface area (TPSA) is 72.5 Å². The van der Waals surface area contributed by atoms with Crippen LogP contribution in [0.5, 0.6) is 5.75 Å². The lowest BCUT2D eigenvalue weighted by molar-refractivity contribution is -0.139. The summed E-state index contributed by atoms with van der Waals surface area (Å²) in [7, 11) is 0. The molecular weight excluding hydrogens is 239 g/mol. The Morgan fingerprint density at radius 2 is 2.06 bits per heavy atom. The van der Waals surface area contributed by atoms with Crippen molar-refractivity contribution in [1.82, 2.24) is 0 Å². The Bertz CT molecular complexity index is 418. The fourth-order valence-electron chi connectivity index (χ4n) is 1.09. The van der Waals surface area contributed by atoms with Crippen molar-refractivity contribution in [2.45, 2.75) is 12.6 Å². The number of alkyl halides is 3. The van der Waals surface area contributed by atoms with E-state index in [1.165, 1.54) is 12.1 Å². The van der Waals surface area contributed by atoms with Crippen LogP contribution in [0.3, 0.4) is 0 Å². The molecule has 0 aromatic heterocycles. The van der Waals surface area contributed by atoms with Crippen molar-refractivity contribution in [1.29, 1.82) is 0 Å². The summed E-state index contributed by atoms with van der Waals surface area (Å²) in [5.41, 5.74) is 5.20. The van der Waals surface area contributed by atoms with E-state index in [0.717, 1.165) is 6.07 Å². The van der Waals surface area contributed by atoms with Gasteiger partial charge in [0.15, 0.2) is 0 Å². The number of aromatic carboxylic acids is 1. The first-order chi connectivity index (χ1) is 7.79. The van der Waals surface area contributed by atoms with Crippen LogP contribution < -0.4 is 10.5 Å². The number of halogens is 3. The second-order valence-corrected chi connectivity index (χ2v) is 3.27. The van der Waals surface area contributed by atoms with Gasteiger partial charge < -0.3 is 15.6 Å². The summed E-state index contributed by atoms with van der Waals surface area (Å²) in [6, 6.07) is 3.68. The van der Waals surface area contributed by atoms with Crippen LogP contribution in [0.1, 0.15) is 16.8 Å². The number of hydrogen-bond acceptors (Lipinski definition) is 3. The molecule has 3 N–H and O–H groups in total. The van der Waals surface area contributed by atoms with E-state index in [1.807, 2.05) is 0 Å². The van der Waals surface area contributed by atoms with Crippen LogP contribution in [0, 0.1) is 0 Å². The van der Waals surface area contributed by atoms with E-state index in [-0.39, 0.29) is 17.0 Å². The molecule has 0 aliphatic carbocycles. The summed E-state index contributed by atoms with van der Waals surface area (Å²) < 4.78 is 40.3. The molecule has 0 saturated carbocycles. The fraction of sp³-hybridized carbons (Fsp3) is 0.300. The molecule has 0 fully saturated rings. The van der Waals surface area contributed by atoms with E-state index in [0.29, 0.717) is 0 Å². The predicted octanol–water partition coefficient (Wildman–Crippen LogP) is 2.30. The average Bonchev–Trinajstić information content (AvgIpc) is 2.18. The number of carboxylic acids is 1. The Hall–Kier alpha value is -1.92. The zero-order valence-corrected chi connectivity index (χ0v) is 8.62. The quantitative estimate of drug-likeness (QED) is 0.803. The van der Waals surface area contributed by atoms with Crippen LogP contribution in [0.2, 0.25) is 0 Å². The van der Waals surface area contributed by atoms with Gasteiger partial charge in [0.25, 0.3) is 0 Å². The number of carbonyl (C=O) groups is 1. The van der Waals surface area contributed by atoms with Crippen molar-refractivity contribution in [2.75, 3.05) is 12.3 Å². The molecule has 0 spiro atoms. The van der Waals surface area contributed by atoms with Crippen LogP contribution in [0.15, 0.2) is 18.2 Å². The van der Waals surface area contributed by atoms with Gasteiger partial charge in [-0.2, -0.15) is 13.2 Å². The number of nitrogens with two attached hydrogens (primary N) is 1. The monoisotopic (exact) mass is 249 g/mol. The molecule has 0 radical (unpaired) electrons. The molecular formula is C10H10F3NO3. The van der Waals surface area contributed by atoms with E-state index in [2.05, 4.69) is 0 Å². The molecule has 0 aliphatic heterocycles. The molecule has 0 unspecified atom stereocenters. The minimum atomic E-state index is -4.30. The van der Waals surface area contributed by atoms with Crippen LogP contribution in [-0.4, -0.2) is 23.9 Å². The van der Waals surface area contributed by atoms with Gasteiger partial charge in [-0.1, -0.05) is 0 Å². The second kappa shape index (κ2) is 4.94. The lowest BCUT2D eigenvalue weighted by Gasteiger charge is -2.09. The van der Waals surface area contributed by atoms with Crippen LogP contribution in [0.4, 0.5) is 18.9 Å². The number of ether oxygens (including phenoxy) is 1. The van der Waals surface area contributed by atoms with Crippen molar-refractivity contribution in [3.8, 4) is 5.75 Å². The predicted molar refractivity (Wildman–Crippen MR) is 54.0 cm³/mol. The highest BCUT2D eigenvalue weighted by Gasteiger charge is 2.26. The molecule has 0 atom stereocenters. The van der Waals surface area contributed by atoms with Gasteiger partial charge in [0.2, 0.25) is 0 Å². The van der Waals surface area contributed by atoms with Crippen molar-refractivity contribution in [3.05, 3.63) is 23.8 Å². The van der Waals surface area contributed by atoms with Gasteiger partial charge in [-0.25, -0.2) is 4.79 Å². The Labute approximate surface area is 94.8 Å². The first-order valence-corrected chi connectivity index (χ1v) is 4.62. The minimum Gasteiger partial charge on any atom is -0.493 e. The van der Waals surface area contributed by atoms with Gasteiger partial charge in [-0.3, -0.25) is 0 Å². The van der Waals surface area contributed by atoms with Crippen LogP contribution in [0.25, 0.3) is 0 Å². The van der Waals surface area contributed by atoms with Gasteiger partial charge >= 0.3 is 12.1 Å². The summed E-state index contributed by atoms with van der Waals surface area (Å²) in [6.45, 7) is -0.563. The molecule has 17 heavy (non-hydrogen) atoms. The SMILES string of the molecule is Nc1ccc(OCCC(F)(F)F)cc1C(=O)O. The number of hydrogen-bond donors (Lipinski definition) is 2. The molecule has 7 heteroatoms. The highest BCUT2D eigenvalue weighted by atomic mass is 19.4. The smallest absolute Gasteiger partial charge is 0.392 e. The van der Waals surface area contributed by atoms with Crippen LogP contribution >= 0.6 is 0 Å². The average molecular weight is 249 g/mol. The van der Waals surface area contributed by atoms with Crippen molar-refractivity contribution in [3.63, 3.8) is 0 Å². The molecule has 0 saturated heterocycles. The van der Waals surface area contributed by atoms with Gasteiger partial charge in [0.05, 0.1) is 18.6 Å². The Morgan fingerprint density at radius 3 is 2.59 bits per heavy atom.